The zero-order valence-electron chi connectivity index (χ0n) is 3.89. The Morgan fingerprint density at radius 1 is 2.00 bits per heavy atom. The Morgan fingerprint density at radius 2 is 2.71 bits per heavy atom. The highest BCUT2D eigenvalue weighted by molar-refractivity contribution is 7.39. The van der Waals surface area contributed by atoms with Crippen molar-refractivity contribution in [2.45, 2.75) is 6.92 Å². The molecule has 0 heterocycles. The fourth-order valence-electron chi connectivity index (χ4n) is 0.109. The van der Waals surface area contributed by atoms with Crippen LogP contribution in [-0.4, -0.2) is 6.61 Å². The van der Waals surface area contributed by atoms with Crippen molar-refractivity contribution in [3.8, 4) is 0 Å². The van der Waals surface area contributed by atoms with E-state index in [-0.39, 0.29) is 8.96 Å². The molecule has 0 aromatic heterocycles. The monoisotopic (exact) mass is 141 g/mol. The van der Waals surface area contributed by atoms with E-state index in [1.165, 1.54) is 0 Å². The molecule has 0 spiro atoms. The summed E-state index contributed by atoms with van der Waals surface area (Å²) in [4.78, 5) is 0. The number of halogens is 1. The third-order valence-corrected chi connectivity index (χ3v) is 1.33. The number of rotatable bonds is 3. The summed E-state index contributed by atoms with van der Waals surface area (Å²) in [5, 5.41) is 0. The molecule has 0 saturated heterocycles. The van der Waals surface area contributed by atoms with Gasteiger partial charge < -0.3 is 4.52 Å². The standard InChI is InChI=1S/C2H6FNOP2/c1-2-5-7-4-6-3/h7H,2H2,1H3. The molecule has 0 N–H and O–H groups in total. The third kappa shape index (κ3) is 6.42. The van der Waals surface area contributed by atoms with Crippen LogP contribution in [0, 0.1) is 0 Å². The summed E-state index contributed by atoms with van der Waals surface area (Å²) in [6, 6.07) is 0. The van der Waals surface area contributed by atoms with Gasteiger partial charge in [0.1, 0.15) is 8.96 Å². The highest BCUT2D eigenvalue weighted by atomic mass is 31.1. The number of hydrogen-bond donors (Lipinski definition) is 0. The molecular weight excluding hydrogens is 135 g/mol. The first-order chi connectivity index (χ1) is 3.41. The molecule has 42 valence electrons. The molecule has 0 aliphatic carbocycles. The van der Waals surface area contributed by atoms with Crippen LogP contribution in [0.4, 0.5) is 4.20 Å². The molecule has 7 heavy (non-hydrogen) atoms. The highest BCUT2D eigenvalue weighted by Crippen LogP contribution is 2.19. The first-order valence-corrected chi connectivity index (χ1v) is 3.39. The van der Waals surface area contributed by atoms with Crippen LogP contribution in [0.5, 0.6) is 0 Å². The summed E-state index contributed by atoms with van der Waals surface area (Å²) in [5.74, 6) is 0. The molecule has 0 bridgehead atoms. The lowest BCUT2D eigenvalue weighted by atomic mass is 10.9. The molecule has 0 aromatic rings. The summed E-state index contributed by atoms with van der Waals surface area (Å²) in [6.07, 6.45) is 0. The number of hydrogen-bond acceptors (Lipinski definition) is 2. The first kappa shape index (κ1) is 7.42. The van der Waals surface area contributed by atoms with Gasteiger partial charge in [0, 0.05) is 6.61 Å². The average molecular weight is 141 g/mol. The van der Waals surface area contributed by atoms with Crippen molar-refractivity contribution >= 4 is 17.6 Å². The van der Waals surface area contributed by atoms with Crippen LogP contribution >= 0.6 is 17.6 Å². The Morgan fingerprint density at radius 3 is 3.14 bits per heavy atom. The van der Waals surface area contributed by atoms with Gasteiger partial charge in [-0.3, -0.25) is 0 Å². The normalized spacial score (nSPS) is 12.3. The maximum atomic E-state index is 11.0. The number of nitrogens with zero attached hydrogens (tertiary/aromatic N) is 1. The Labute approximate surface area is 45.4 Å². The van der Waals surface area contributed by atoms with E-state index in [4.69, 9.17) is 0 Å². The van der Waals surface area contributed by atoms with Crippen molar-refractivity contribution < 1.29 is 8.72 Å². The Kier molecular flexibility index (Phi) is 6.81. The Hall–Kier alpha value is 0.420. The summed E-state index contributed by atoms with van der Waals surface area (Å²) in [5.41, 5.74) is 0. The molecule has 1 atom stereocenters. The molecule has 5 heteroatoms. The molecule has 0 fully saturated rings. The molecule has 0 radical (unpaired) electrons. The van der Waals surface area contributed by atoms with E-state index in [9.17, 15) is 4.20 Å². The largest absolute Gasteiger partial charge is 0.340 e. The lowest BCUT2D eigenvalue weighted by Gasteiger charge is -1.86. The smallest absolute Gasteiger partial charge is 0.230 e. The van der Waals surface area contributed by atoms with Gasteiger partial charge in [-0.2, -0.15) is 8.71 Å². The molecular formula is C2H6FNOP2. The van der Waals surface area contributed by atoms with Gasteiger partial charge in [-0.1, -0.05) is 0 Å². The molecule has 1 unspecified atom stereocenters. The van der Waals surface area contributed by atoms with Crippen molar-refractivity contribution in [2.24, 2.45) is 4.52 Å². The average Bonchev–Trinajstić information content (AvgIpc) is 1.69. The van der Waals surface area contributed by atoms with Gasteiger partial charge in [-0.25, -0.2) is 0 Å². The fraction of sp³-hybridized carbons (Fsp3) is 1.00. The second-order valence-electron chi connectivity index (χ2n) is 0.700. The van der Waals surface area contributed by atoms with Crippen LogP contribution in [0.25, 0.3) is 0 Å². The first-order valence-electron chi connectivity index (χ1n) is 1.79. The maximum Gasteiger partial charge on any atom is 0.230 e. The van der Waals surface area contributed by atoms with Crippen molar-refractivity contribution in [1.29, 1.82) is 0 Å². The highest BCUT2D eigenvalue weighted by Gasteiger charge is 1.73. The summed E-state index contributed by atoms with van der Waals surface area (Å²) in [7, 11) is -0.463. The van der Waals surface area contributed by atoms with Crippen molar-refractivity contribution in [2.75, 3.05) is 6.61 Å². The van der Waals surface area contributed by atoms with Crippen LogP contribution in [-0.2, 0) is 4.52 Å². The predicted molar refractivity (Wildman–Crippen MR) is 30.4 cm³/mol. The van der Waals surface area contributed by atoms with Gasteiger partial charge in [-0.15, -0.1) is 0 Å². The molecule has 0 aliphatic rings. The van der Waals surface area contributed by atoms with Gasteiger partial charge in [0.05, 0.1) is 0 Å². The van der Waals surface area contributed by atoms with Crippen LogP contribution in [0.3, 0.4) is 0 Å². The lowest BCUT2D eigenvalue weighted by molar-refractivity contribution is 0.390. The summed E-state index contributed by atoms with van der Waals surface area (Å²) >= 11 is 0. The molecule has 0 aromatic carbocycles. The van der Waals surface area contributed by atoms with E-state index in [0.717, 1.165) is 0 Å². The summed E-state index contributed by atoms with van der Waals surface area (Å²) < 4.78 is 19.0. The van der Waals surface area contributed by atoms with E-state index in [1.54, 1.807) is 0 Å². The predicted octanol–water partition coefficient (Wildman–Crippen LogP) is 2.55. The molecule has 0 rings (SSSR count). The lowest BCUT2D eigenvalue weighted by Crippen LogP contribution is -1.67. The van der Waals surface area contributed by atoms with Gasteiger partial charge in [0.25, 0.3) is 0 Å². The SMILES string of the molecule is CCOPN=PF. The van der Waals surface area contributed by atoms with E-state index in [0.29, 0.717) is 6.61 Å². The van der Waals surface area contributed by atoms with Crippen molar-refractivity contribution in [1.82, 2.24) is 0 Å². The van der Waals surface area contributed by atoms with E-state index in [1.807, 2.05) is 6.92 Å². The Balaban J connectivity index is 2.69. The van der Waals surface area contributed by atoms with E-state index in [2.05, 4.69) is 9.04 Å². The second-order valence-corrected chi connectivity index (χ2v) is 2.12. The zero-order valence-corrected chi connectivity index (χ0v) is 5.78. The zero-order chi connectivity index (χ0) is 5.54. The van der Waals surface area contributed by atoms with E-state index < -0.39 is 8.68 Å². The van der Waals surface area contributed by atoms with Gasteiger partial charge in [-0.05, 0) is 6.92 Å². The molecule has 2 nitrogen and oxygen atoms in total. The third-order valence-electron chi connectivity index (χ3n) is 0.288. The topological polar surface area (TPSA) is 21.6 Å². The van der Waals surface area contributed by atoms with Crippen LogP contribution in [0.1, 0.15) is 6.92 Å². The van der Waals surface area contributed by atoms with Gasteiger partial charge in [0.2, 0.25) is 8.68 Å². The van der Waals surface area contributed by atoms with Gasteiger partial charge >= 0.3 is 0 Å². The Bertz CT molecular complexity index is 59.7. The molecule has 0 saturated carbocycles. The minimum absolute atomic E-state index is 0.0301. The molecule has 0 aliphatic heterocycles. The molecule has 0 amide bonds. The minimum Gasteiger partial charge on any atom is -0.340 e. The van der Waals surface area contributed by atoms with Gasteiger partial charge in [0.15, 0.2) is 0 Å². The maximum absolute atomic E-state index is 11.0. The van der Waals surface area contributed by atoms with Crippen LogP contribution in [0.2, 0.25) is 0 Å². The fourth-order valence-corrected chi connectivity index (χ4v) is 0.592. The summed E-state index contributed by atoms with van der Waals surface area (Å²) in [6.45, 7) is 2.45. The van der Waals surface area contributed by atoms with E-state index >= 15 is 0 Å². The minimum atomic E-state index is -0.433. The van der Waals surface area contributed by atoms with Crippen molar-refractivity contribution in [3.63, 3.8) is 0 Å². The van der Waals surface area contributed by atoms with Crippen LogP contribution in [0.15, 0.2) is 4.52 Å². The quantitative estimate of drug-likeness (QED) is 0.437. The second kappa shape index (κ2) is 6.42. The van der Waals surface area contributed by atoms with Crippen molar-refractivity contribution in [3.05, 3.63) is 0 Å². The van der Waals surface area contributed by atoms with Crippen LogP contribution < -0.4 is 0 Å².